The van der Waals surface area contributed by atoms with E-state index in [-0.39, 0.29) is 17.4 Å². The van der Waals surface area contributed by atoms with Gasteiger partial charge in [0.2, 0.25) is 0 Å². The number of fused-ring (bicyclic) bond motifs is 3. The van der Waals surface area contributed by atoms with Crippen molar-refractivity contribution in [2.45, 2.75) is 23.7 Å². The zero-order chi connectivity index (χ0) is 23.4. The number of hydrogen-bond donors (Lipinski definition) is 1. The Morgan fingerprint density at radius 1 is 1.00 bits per heavy atom. The number of methoxy groups -OCH3 is 1. The molecule has 0 aromatic heterocycles. The maximum atomic E-state index is 12.3. The summed E-state index contributed by atoms with van der Waals surface area (Å²) >= 11 is 0. The molecule has 4 rings (SSSR count). The maximum absolute atomic E-state index is 12.3. The molecule has 1 aliphatic carbocycles. The molecule has 172 valence electrons. The van der Waals surface area contributed by atoms with Crippen LogP contribution in [-0.2, 0) is 20.2 Å². The first-order valence-corrected chi connectivity index (χ1v) is 12.9. The van der Waals surface area contributed by atoms with Crippen LogP contribution in [0.2, 0.25) is 0 Å². The van der Waals surface area contributed by atoms with Gasteiger partial charge in [-0.3, -0.25) is 0 Å². The van der Waals surface area contributed by atoms with Crippen LogP contribution in [0.1, 0.15) is 29.0 Å². The van der Waals surface area contributed by atoms with Crippen LogP contribution in [0.15, 0.2) is 71.6 Å². The lowest BCUT2D eigenvalue weighted by Gasteiger charge is -2.15. The molecular weight excluding hydrogens is 462 g/mol. The van der Waals surface area contributed by atoms with E-state index < -0.39 is 15.1 Å². The molecule has 8 heteroatoms. The normalized spacial score (nSPS) is 12.7. The summed E-state index contributed by atoms with van der Waals surface area (Å²) in [6, 6.07) is 20.8. The van der Waals surface area contributed by atoms with Gasteiger partial charge in [-0.05, 0) is 58.9 Å². The van der Waals surface area contributed by atoms with Crippen LogP contribution in [0.3, 0.4) is 0 Å². The molecule has 33 heavy (non-hydrogen) atoms. The van der Waals surface area contributed by atoms with E-state index >= 15 is 0 Å². The van der Waals surface area contributed by atoms with Gasteiger partial charge in [0.25, 0.3) is 9.05 Å². The number of rotatable bonds is 8. The highest BCUT2D eigenvalue weighted by Crippen LogP contribution is 2.44. The summed E-state index contributed by atoms with van der Waals surface area (Å²) in [7, 11) is 3.13. The van der Waals surface area contributed by atoms with Gasteiger partial charge < -0.3 is 14.8 Å². The molecule has 3 aromatic carbocycles. The van der Waals surface area contributed by atoms with Gasteiger partial charge in [0.1, 0.15) is 12.4 Å². The second-order valence-corrected chi connectivity index (χ2v) is 10.3. The number of alkyl carbamates (subject to hydrolysis) is 1. The zero-order valence-electron chi connectivity index (χ0n) is 18.1. The van der Waals surface area contributed by atoms with Crippen LogP contribution >= 0.6 is 10.7 Å². The first kappa shape index (κ1) is 23.1. The quantitative estimate of drug-likeness (QED) is 0.355. The van der Waals surface area contributed by atoms with Crippen molar-refractivity contribution in [3.05, 3.63) is 83.4 Å². The van der Waals surface area contributed by atoms with Gasteiger partial charge in [-0.1, -0.05) is 48.5 Å². The topological polar surface area (TPSA) is 81.7 Å². The first-order valence-electron chi connectivity index (χ1n) is 10.6. The molecule has 0 heterocycles. The summed E-state index contributed by atoms with van der Waals surface area (Å²) in [5, 5.41) is 2.76. The molecule has 0 aliphatic heterocycles. The van der Waals surface area contributed by atoms with Crippen LogP contribution < -0.4 is 10.1 Å². The Bertz CT molecular complexity index is 1230. The molecule has 0 saturated heterocycles. The van der Waals surface area contributed by atoms with Crippen LogP contribution in [0.4, 0.5) is 4.79 Å². The minimum absolute atomic E-state index is 0.00709. The third-order valence-corrected chi connectivity index (χ3v) is 7.12. The van der Waals surface area contributed by atoms with E-state index in [4.69, 9.17) is 20.2 Å². The van der Waals surface area contributed by atoms with Gasteiger partial charge in [-0.25, -0.2) is 13.2 Å². The van der Waals surface area contributed by atoms with E-state index in [1.54, 1.807) is 6.07 Å². The Labute approximate surface area is 197 Å². The van der Waals surface area contributed by atoms with Crippen LogP contribution in [0.5, 0.6) is 5.75 Å². The third kappa shape index (κ3) is 5.15. The van der Waals surface area contributed by atoms with E-state index in [0.29, 0.717) is 30.7 Å². The maximum Gasteiger partial charge on any atom is 0.407 e. The van der Waals surface area contributed by atoms with Crippen LogP contribution in [-0.4, -0.2) is 34.8 Å². The molecule has 3 aromatic rings. The number of amides is 1. The third-order valence-electron chi connectivity index (χ3n) is 5.77. The minimum Gasteiger partial charge on any atom is -0.496 e. The highest BCUT2D eigenvalue weighted by molar-refractivity contribution is 8.13. The molecule has 0 bridgehead atoms. The molecule has 0 radical (unpaired) electrons. The molecule has 1 N–H and O–H groups in total. The summed E-state index contributed by atoms with van der Waals surface area (Å²) < 4.78 is 34.0. The van der Waals surface area contributed by atoms with Crippen LogP contribution in [0.25, 0.3) is 11.1 Å². The summed E-state index contributed by atoms with van der Waals surface area (Å²) in [5.41, 5.74) is 5.38. The van der Waals surface area contributed by atoms with E-state index in [0.717, 1.165) is 11.1 Å². The van der Waals surface area contributed by atoms with Crippen molar-refractivity contribution in [3.8, 4) is 16.9 Å². The highest BCUT2D eigenvalue weighted by atomic mass is 35.7. The first-order chi connectivity index (χ1) is 15.9. The second-order valence-electron chi connectivity index (χ2n) is 7.77. The Morgan fingerprint density at radius 3 is 2.24 bits per heavy atom. The molecule has 0 spiro atoms. The van der Waals surface area contributed by atoms with Crippen molar-refractivity contribution >= 4 is 25.8 Å². The Morgan fingerprint density at radius 2 is 1.64 bits per heavy atom. The SMILES string of the molecule is COc1ccc(S(=O)(=O)Cl)cc1CCCNC(=O)OCC1c2ccccc2-c2ccccc21. The number of ether oxygens (including phenoxy) is 2. The summed E-state index contributed by atoms with van der Waals surface area (Å²) in [5.74, 6) is 0.577. The average Bonchev–Trinajstić information content (AvgIpc) is 3.13. The minimum atomic E-state index is -3.83. The number of benzene rings is 3. The summed E-state index contributed by atoms with van der Waals surface area (Å²) in [6.07, 6.45) is 0.597. The van der Waals surface area contributed by atoms with Gasteiger partial charge in [-0.15, -0.1) is 0 Å². The Hall–Kier alpha value is -3.03. The van der Waals surface area contributed by atoms with Crippen molar-refractivity contribution in [2.24, 2.45) is 0 Å². The van der Waals surface area contributed by atoms with Gasteiger partial charge in [0, 0.05) is 23.1 Å². The number of aryl methyl sites for hydroxylation is 1. The molecular formula is C25H24ClNO5S. The van der Waals surface area contributed by atoms with Crippen LogP contribution in [0, 0.1) is 0 Å². The number of carbonyl (C=O) groups is 1. The predicted molar refractivity (Wildman–Crippen MR) is 127 cm³/mol. The Balaban J connectivity index is 1.31. The van der Waals surface area contributed by atoms with E-state index in [9.17, 15) is 13.2 Å². The molecule has 0 atom stereocenters. The second kappa shape index (κ2) is 9.85. The number of halogens is 1. The zero-order valence-corrected chi connectivity index (χ0v) is 19.7. The predicted octanol–water partition coefficient (Wildman–Crippen LogP) is 5.09. The molecule has 0 unspecified atom stereocenters. The van der Waals surface area contributed by atoms with Gasteiger partial charge in [0.15, 0.2) is 0 Å². The van der Waals surface area contributed by atoms with Gasteiger partial charge in [0.05, 0.1) is 12.0 Å². The molecule has 6 nitrogen and oxygen atoms in total. The number of carbonyl (C=O) groups excluding carboxylic acids is 1. The molecule has 1 amide bonds. The van der Waals surface area contributed by atoms with Gasteiger partial charge >= 0.3 is 6.09 Å². The molecule has 1 aliphatic rings. The lowest BCUT2D eigenvalue weighted by atomic mass is 9.98. The number of nitrogens with one attached hydrogen (secondary N) is 1. The van der Waals surface area contributed by atoms with Crippen molar-refractivity contribution in [1.82, 2.24) is 5.32 Å². The Kier molecular flexibility index (Phi) is 6.91. The highest BCUT2D eigenvalue weighted by Gasteiger charge is 2.28. The van der Waals surface area contributed by atoms with E-state index in [1.807, 2.05) is 24.3 Å². The smallest absolute Gasteiger partial charge is 0.407 e. The molecule has 0 saturated carbocycles. The van der Waals surface area contributed by atoms with Crippen molar-refractivity contribution in [2.75, 3.05) is 20.3 Å². The standard InChI is InChI=1S/C25H24ClNO5S/c1-31-24-13-12-18(33(26,29)30)15-17(24)7-6-14-27-25(28)32-16-23-21-10-4-2-8-19(21)20-9-3-5-11-22(20)23/h2-5,8-13,15,23H,6-7,14,16H2,1H3,(H,27,28). The van der Waals surface area contributed by atoms with Crippen molar-refractivity contribution in [1.29, 1.82) is 0 Å². The lowest BCUT2D eigenvalue weighted by Crippen LogP contribution is -2.27. The molecule has 0 fully saturated rings. The van der Waals surface area contributed by atoms with Gasteiger partial charge in [-0.2, -0.15) is 0 Å². The number of hydrogen-bond acceptors (Lipinski definition) is 5. The largest absolute Gasteiger partial charge is 0.496 e. The van der Waals surface area contributed by atoms with E-state index in [1.165, 1.54) is 30.4 Å². The monoisotopic (exact) mass is 485 g/mol. The van der Waals surface area contributed by atoms with Crippen molar-refractivity contribution in [3.63, 3.8) is 0 Å². The fourth-order valence-corrected chi connectivity index (χ4v) is 5.02. The fourth-order valence-electron chi connectivity index (χ4n) is 4.22. The summed E-state index contributed by atoms with van der Waals surface area (Å²) in [6.45, 7) is 0.626. The fraction of sp³-hybridized carbons (Fsp3) is 0.240. The average molecular weight is 486 g/mol. The lowest BCUT2D eigenvalue weighted by molar-refractivity contribution is 0.143. The van der Waals surface area contributed by atoms with Crippen molar-refractivity contribution < 1.29 is 22.7 Å². The van der Waals surface area contributed by atoms with E-state index in [2.05, 4.69) is 29.6 Å². The summed E-state index contributed by atoms with van der Waals surface area (Å²) in [4.78, 5) is 12.3.